The Balaban J connectivity index is 1.80. The number of hydrogen-bond donors (Lipinski definition) is 1. The number of para-hydroxylation sites is 1. The van der Waals surface area contributed by atoms with Crippen LogP contribution in [0.2, 0.25) is 5.02 Å². The summed E-state index contributed by atoms with van der Waals surface area (Å²) in [4.78, 5) is 14.6. The summed E-state index contributed by atoms with van der Waals surface area (Å²) in [7, 11) is -3.67. The third-order valence-corrected chi connectivity index (χ3v) is 5.79. The molecule has 0 spiro atoms. The van der Waals surface area contributed by atoms with Crippen LogP contribution in [0.1, 0.15) is 35.2 Å². The molecule has 0 aliphatic carbocycles. The van der Waals surface area contributed by atoms with Crippen LogP contribution >= 0.6 is 11.6 Å². The highest BCUT2D eigenvalue weighted by molar-refractivity contribution is 7.91. The molecular formula is C19H21ClN2O3S. The van der Waals surface area contributed by atoms with Gasteiger partial charge in [0, 0.05) is 18.1 Å². The van der Waals surface area contributed by atoms with Crippen LogP contribution < -0.4 is 4.72 Å². The monoisotopic (exact) mass is 392 g/mol. The van der Waals surface area contributed by atoms with Crippen LogP contribution in [0.25, 0.3) is 0 Å². The summed E-state index contributed by atoms with van der Waals surface area (Å²) in [5, 5.41) is 0.485. The van der Waals surface area contributed by atoms with E-state index < -0.39 is 10.0 Å². The van der Waals surface area contributed by atoms with Gasteiger partial charge < -0.3 is 4.90 Å². The number of rotatable bonds is 5. The Morgan fingerprint density at radius 3 is 2.50 bits per heavy atom. The fourth-order valence-corrected chi connectivity index (χ4v) is 4.49. The lowest BCUT2D eigenvalue weighted by molar-refractivity contribution is 0.0725. The fourth-order valence-electron chi connectivity index (χ4n) is 3.08. The largest absolute Gasteiger partial charge is 0.339 e. The number of carbonyl (C=O) groups excluding carboxylic acids is 1. The van der Waals surface area contributed by atoms with E-state index in [0.717, 1.165) is 19.3 Å². The zero-order valence-corrected chi connectivity index (χ0v) is 15.9. The minimum absolute atomic E-state index is 0.134. The van der Waals surface area contributed by atoms with Crippen LogP contribution in [-0.4, -0.2) is 32.3 Å². The highest BCUT2D eigenvalue weighted by Crippen LogP contribution is 2.22. The van der Waals surface area contributed by atoms with E-state index in [1.807, 2.05) is 0 Å². The van der Waals surface area contributed by atoms with Gasteiger partial charge in [0.15, 0.2) is 0 Å². The van der Waals surface area contributed by atoms with Crippen LogP contribution in [0.15, 0.2) is 48.5 Å². The van der Waals surface area contributed by atoms with Gasteiger partial charge in [-0.2, -0.15) is 0 Å². The molecule has 0 atom stereocenters. The number of halogens is 1. The first kappa shape index (κ1) is 18.7. The van der Waals surface area contributed by atoms with E-state index in [-0.39, 0.29) is 11.7 Å². The second-order valence-corrected chi connectivity index (χ2v) is 8.55. The van der Waals surface area contributed by atoms with E-state index in [1.165, 1.54) is 0 Å². The molecule has 0 bridgehead atoms. The summed E-state index contributed by atoms with van der Waals surface area (Å²) < 4.78 is 27.7. The number of piperidine rings is 1. The quantitative estimate of drug-likeness (QED) is 0.838. The Morgan fingerprint density at radius 1 is 1.04 bits per heavy atom. The molecule has 1 fully saturated rings. The van der Waals surface area contributed by atoms with Crippen molar-refractivity contribution in [1.82, 2.24) is 4.90 Å². The Hall–Kier alpha value is -2.05. The van der Waals surface area contributed by atoms with Crippen LogP contribution in [-0.2, 0) is 15.8 Å². The Morgan fingerprint density at radius 2 is 1.77 bits per heavy atom. The van der Waals surface area contributed by atoms with E-state index in [9.17, 15) is 13.2 Å². The van der Waals surface area contributed by atoms with E-state index in [1.54, 1.807) is 53.4 Å². The van der Waals surface area contributed by atoms with Gasteiger partial charge >= 0.3 is 0 Å². The van der Waals surface area contributed by atoms with Gasteiger partial charge in [0.05, 0.1) is 17.0 Å². The first-order chi connectivity index (χ1) is 12.4. The first-order valence-electron chi connectivity index (χ1n) is 8.58. The lowest BCUT2D eigenvalue weighted by Gasteiger charge is -2.27. The van der Waals surface area contributed by atoms with Crippen molar-refractivity contribution in [2.24, 2.45) is 0 Å². The third kappa shape index (κ3) is 4.77. The molecule has 7 heteroatoms. The smallest absolute Gasteiger partial charge is 0.255 e. The van der Waals surface area contributed by atoms with E-state index in [0.29, 0.717) is 34.9 Å². The Bertz CT molecular complexity index is 893. The number of nitrogens with one attached hydrogen (secondary N) is 1. The molecule has 1 aliphatic rings. The number of sulfonamides is 1. The average Bonchev–Trinajstić information content (AvgIpc) is 2.61. The maximum atomic E-state index is 12.8. The Labute approximate surface area is 159 Å². The molecule has 1 heterocycles. The molecule has 0 unspecified atom stereocenters. The lowest BCUT2D eigenvalue weighted by Crippen LogP contribution is -2.36. The zero-order chi connectivity index (χ0) is 18.6. The van der Waals surface area contributed by atoms with E-state index >= 15 is 0 Å². The number of anilines is 1. The highest BCUT2D eigenvalue weighted by atomic mass is 35.5. The summed E-state index contributed by atoms with van der Waals surface area (Å²) in [6.07, 6.45) is 3.08. The molecule has 1 N–H and O–H groups in total. The summed E-state index contributed by atoms with van der Waals surface area (Å²) in [5.74, 6) is -0.342. The minimum Gasteiger partial charge on any atom is -0.339 e. The van der Waals surface area contributed by atoms with Crippen LogP contribution in [0, 0.1) is 0 Å². The predicted molar refractivity (Wildman–Crippen MR) is 104 cm³/mol. The van der Waals surface area contributed by atoms with Crippen molar-refractivity contribution in [1.29, 1.82) is 0 Å². The molecule has 2 aromatic rings. The molecule has 26 heavy (non-hydrogen) atoms. The van der Waals surface area contributed by atoms with Crippen LogP contribution in [0.3, 0.4) is 0 Å². The number of benzene rings is 2. The topological polar surface area (TPSA) is 66.5 Å². The minimum atomic E-state index is -3.67. The number of amides is 1. The van der Waals surface area contributed by atoms with Gasteiger partial charge in [-0.05, 0) is 49.1 Å². The molecule has 0 aromatic heterocycles. The van der Waals surface area contributed by atoms with Crippen molar-refractivity contribution in [3.8, 4) is 0 Å². The third-order valence-electron chi connectivity index (χ3n) is 4.31. The summed E-state index contributed by atoms with van der Waals surface area (Å²) >= 11 is 5.92. The SMILES string of the molecule is O=C(c1ccccc1NS(=O)(=O)Cc1cccc(Cl)c1)N1CCCCC1. The average molecular weight is 393 g/mol. The maximum absolute atomic E-state index is 12.8. The molecule has 2 aromatic carbocycles. The number of likely N-dealkylation sites (tertiary alicyclic amines) is 1. The highest BCUT2D eigenvalue weighted by Gasteiger charge is 2.22. The molecule has 0 radical (unpaired) electrons. The van der Waals surface area contributed by atoms with Crippen molar-refractivity contribution < 1.29 is 13.2 Å². The maximum Gasteiger partial charge on any atom is 0.255 e. The fraction of sp³-hybridized carbons (Fsp3) is 0.316. The van der Waals surface area contributed by atoms with Crippen LogP contribution in [0.4, 0.5) is 5.69 Å². The summed E-state index contributed by atoms with van der Waals surface area (Å²) in [6.45, 7) is 1.42. The van der Waals surface area contributed by atoms with Gasteiger partial charge in [-0.3, -0.25) is 9.52 Å². The van der Waals surface area contributed by atoms with E-state index in [2.05, 4.69) is 4.72 Å². The number of hydrogen-bond acceptors (Lipinski definition) is 3. The molecule has 1 amide bonds. The summed E-state index contributed by atoms with van der Waals surface area (Å²) in [5.41, 5.74) is 1.28. The molecule has 5 nitrogen and oxygen atoms in total. The molecule has 3 rings (SSSR count). The van der Waals surface area contributed by atoms with Crippen LogP contribution in [0.5, 0.6) is 0 Å². The van der Waals surface area contributed by atoms with Gasteiger partial charge in [-0.15, -0.1) is 0 Å². The van der Waals surface area contributed by atoms with Gasteiger partial charge in [-0.25, -0.2) is 8.42 Å². The van der Waals surface area contributed by atoms with Crippen molar-refractivity contribution >= 4 is 33.2 Å². The molecular weight excluding hydrogens is 372 g/mol. The van der Waals surface area contributed by atoms with Crippen molar-refractivity contribution in [2.45, 2.75) is 25.0 Å². The molecule has 1 saturated heterocycles. The van der Waals surface area contributed by atoms with Gasteiger partial charge in [0.25, 0.3) is 5.91 Å². The number of nitrogens with zero attached hydrogens (tertiary/aromatic N) is 1. The second-order valence-electron chi connectivity index (χ2n) is 6.39. The van der Waals surface area contributed by atoms with Gasteiger partial charge in [0.1, 0.15) is 0 Å². The van der Waals surface area contributed by atoms with Gasteiger partial charge in [-0.1, -0.05) is 35.9 Å². The lowest BCUT2D eigenvalue weighted by atomic mass is 10.1. The Kier molecular flexibility index (Phi) is 5.84. The normalized spacial score (nSPS) is 14.9. The predicted octanol–water partition coefficient (Wildman–Crippen LogP) is 3.91. The number of carbonyl (C=O) groups is 1. The molecule has 138 valence electrons. The molecule has 0 saturated carbocycles. The van der Waals surface area contributed by atoms with Crippen molar-refractivity contribution in [3.05, 3.63) is 64.7 Å². The second kappa shape index (κ2) is 8.10. The van der Waals surface area contributed by atoms with Gasteiger partial charge in [0.2, 0.25) is 10.0 Å². The standard InChI is InChI=1S/C19H21ClN2O3S/c20-16-8-6-7-15(13-16)14-26(24,25)21-18-10-3-2-9-17(18)19(23)22-11-4-1-5-12-22/h2-3,6-10,13,21H,1,4-5,11-12,14H2. The zero-order valence-electron chi connectivity index (χ0n) is 14.3. The van der Waals surface area contributed by atoms with Crippen molar-refractivity contribution in [3.63, 3.8) is 0 Å². The first-order valence-corrected chi connectivity index (χ1v) is 10.6. The molecule has 1 aliphatic heterocycles. The van der Waals surface area contributed by atoms with E-state index in [4.69, 9.17) is 11.6 Å². The van der Waals surface area contributed by atoms with Crippen molar-refractivity contribution in [2.75, 3.05) is 17.8 Å². The summed E-state index contributed by atoms with van der Waals surface area (Å²) in [6, 6.07) is 13.5.